The molecule has 0 aliphatic rings. The number of esters is 1. The van der Waals surface area contributed by atoms with Gasteiger partial charge in [0.15, 0.2) is 0 Å². The van der Waals surface area contributed by atoms with Gasteiger partial charge in [-0.25, -0.2) is 4.79 Å². The van der Waals surface area contributed by atoms with Crippen molar-refractivity contribution in [3.8, 4) is 5.75 Å². The number of amides is 1. The van der Waals surface area contributed by atoms with Crippen molar-refractivity contribution in [2.24, 2.45) is 0 Å². The van der Waals surface area contributed by atoms with E-state index in [9.17, 15) is 9.59 Å². The zero-order valence-electron chi connectivity index (χ0n) is 13.4. The number of carbonyl (C=O) groups excluding carboxylic acids is 2. The van der Waals surface area contributed by atoms with E-state index in [1.807, 2.05) is 6.92 Å². The summed E-state index contributed by atoms with van der Waals surface area (Å²) in [7, 11) is 1.55. The molecule has 0 aliphatic carbocycles. The molecule has 0 saturated heterocycles. The minimum Gasteiger partial charge on any atom is -0.496 e. The molecule has 0 radical (unpaired) electrons. The van der Waals surface area contributed by atoms with E-state index in [1.165, 1.54) is 0 Å². The van der Waals surface area contributed by atoms with E-state index in [4.69, 9.17) is 9.47 Å². The first-order chi connectivity index (χ1) is 9.64. The summed E-state index contributed by atoms with van der Waals surface area (Å²) in [6, 6.07) is 4.41. The summed E-state index contributed by atoms with van der Waals surface area (Å²) < 4.78 is 10.4. The van der Waals surface area contributed by atoms with Crippen molar-refractivity contribution in [2.75, 3.05) is 7.11 Å². The summed E-state index contributed by atoms with van der Waals surface area (Å²) in [6.45, 7) is 8.83. The smallest absolute Gasteiger partial charge is 0.328 e. The van der Waals surface area contributed by atoms with Crippen LogP contribution in [0, 0.1) is 6.92 Å². The monoisotopic (exact) mass is 293 g/mol. The van der Waals surface area contributed by atoms with Crippen molar-refractivity contribution < 1.29 is 19.1 Å². The molecule has 21 heavy (non-hydrogen) atoms. The van der Waals surface area contributed by atoms with Crippen LogP contribution in [-0.4, -0.2) is 30.6 Å². The van der Waals surface area contributed by atoms with Gasteiger partial charge in [0.2, 0.25) is 0 Å². The fourth-order valence-corrected chi connectivity index (χ4v) is 1.69. The normalized spacial score (nSPS) is 12.5. The van der Waals surface area contributed by atoms with Crippen LogP contribution >= 0.6 is 0 Å². The van der Waals surface area contributed by atoms with Gasteiger partial charge in [-0.3, -0.25) is 4.79 Å². The largest absolute Gasteiger partial charge is 0.496 e. The molecule has 0 saturated carbocycles. The highest BCUT2D eigenvalue weighted by Crippen LogP contribution is 2.19. The molecule has 1 N–H and O–H groups in total. The standard InChI is InChI=1S/C16H23NO4/c1-10-7-8-12(9-13(10)20-6)14(18)17-11(2)15(19)21-16(3,4)5/h7-9,11H,1-6H3,(H,17,18)/t11-/m0/s1. The van der Waals surface area contributed by atoms with E-state index in [2.05, 4.69) is 5.32 Å². The summed E-state index contributed by atoms with van der Waals surface area (Å²) in [6.07, 6.45) is 0. The molecular formula is C16H23NO4. The number of hydrogen-bond donors (Lipinski definition) is 1. The molecule has 0 aliphatic heterocycles. The van der Waals surface area contributed by atoms with Crippen molar-refractivity contribution in [1.82, 2.24) is 5.32 Å². The van der Waals surface area contributed by atoms with E-state index in [0.29, 0.717) is 11.3 Å². The van der Waals surface area contributed by atoms with Crippen molar-refractivity contribution >= 4 is 11.9 Å². The molecule has 1 rings (SSSR count). The molecular weight excluding hydrogens is 270 g/mol. The third-order valence-corrected chi connectivity index (χ3v) is 2.78. The molecule has 0 spiro atoms. The van der Waals surface area contributed by atoms with Crippen LogP contribution in [0.1, 0.15) is 43.6 Å². The second kappa shape index (κ2) is 6.61. The summed E-state index contributed by atoms with van der Waals surface area (Å²) in [5.74, 6) is -0.172. The van der Waals surface area contributed by atoms with E-state index in [1.54, 1.807) is 53.0 Å². The molecule has 1 aromatic rings. The lowest BCUT2D eigenvalue weighted by Crippen LogP contribution is -2.42. The Balaban J connectivity index is 2.75. The number of benzene rings is 1. The second-order valence-electron chi connectivity index (χ2n) is 5.91. The van der Waals surface area contributed by atoms with Gasteiger partial charge in [0.1, 0.15) is 17.4 Å². The molecule has 1 atom stereocenters. The number of aryl methyl sites for hydroxylation is 1. The van der Waals surface area contributed by atoms with Gasteiger partial charge >= 0.3 is 5.97 Å². The molecule has 1 amide bonds. The van der Waals surface area contributed by atoms with Crippen LogP contribution in [0.3, 0.4) is 0 Å². The lowest BCUT2D eigenvalue weighted by atomic mass is 10.1. The maximum absolute atomic E-state index is 12.1. The van der Waals surface area contributed by atoms with Gasteiger partial charge in [0, 0.05) is 5.56 Å². The van der Waals surface area contributed by atoms with Crippen LogP contribution in [0.15, 0.2) is 18.2 Å². The van der Waals surface area contributed by atoms with Gasteiger partial charge in [-0.15, -0.1) is 0 Å². The van der Waals surface area contributed by atoms with Crippen molar-refractivity contribution in [3.63, 3.8) is 0 Å². The van der Waals surface area contributed by atoms with Crippen molar-refractivity contribution in [3.05, 3.63) is 29.3 Å². The van der Waals surface area contributed by atoms with Crippen molar-refractivity contribution in [1.29, 1.82) is 0 Å². The first kappa shape index (κ1) is 17.0. The SMILES string of the molecule is COc1cc(C(=O)N[C@@H](C)C(=O)OC(C)(C)C)ccc1C. The molecule has 0 aromatic heterocycles. The first-order valence-corrected chi connectivity index (χ1v) is 6.82. The average molecular weight is 293 g/mol. The fraction of sp³-hybridized carbons (Fsp3) is 0.500. The Kier molecular flexibility index (Phi) is 5.35. The van der Waals surface area contributed by atoms with Gasteiger partial charge < -0.3 is 14.8 Å². The highest BCUT2D eigenvalue weighted by Gasteiger charge is 2.23. The van der Waals surface area contributed by atoms with E-state index in [-0.39, 0.29) is 5.91 Å². The Morgan fingerprint density at radius 2 is 1.86 bits per heavy atom. The number of nitrogens with one attached hydrogen (secondary N) is 1. The zero-order valence-corrected chi connectivity index (χ0v) is 13.4. The molecule has 0 unspecified atom stereocenters. The zero-order chi connectivity index (χ0) is 16.2. The van der Waals surface area contributed by atoms with Crippen LogP contribution in [0.2, 0.25) is 0 Å². The maximum atomic E-state index is 12.1. The molecule has 1 aromatic carbocycles. The quantitative estimate of drug-likeness (QED) is 0.866. The summed E-state index contributed by atoms with van der Waals surface area (Å²) >= 11 is 0. The average Bonchev–Trinajstić information content (AvgIpc) is 2.37. The summed E-state index contributed by atoms with van der Waals surface area (Å²) in [4.78, 5) is 24.0. The predicted molar refractivity (Wildman–Crippen MR) is 80.5 cm³/mol. The van der Waals surface area contributed by atoms with Gasteiger partial charge in [-0.1, -0.05) is 6.07 Å². The molecule has 5 nitrogen and oxygen atoms in total. The molecule has 0 bridgehead atoms. The maximum Gasteiger partial charge on any atom is 0.328 e. The number of carbonyl (C=O) groups is 2. The van der Waals surface area contributed by atoms with Crippen LogP contribution in [0.4, 0.5) is 0 Å². The molecule has 0 fully saturated rings. The van der Waals surface area contributed by atoms with Gasteiger partial charge in [0.05, 0.1) is 7.11 Å². The fourth-order valence-electron chi connectivity index (χ4n) is 1.69. The number of ether oxygens (including phenoxy) is 2. The third kappa shape index (κ3) is 5.10. The van der Waals surface area contributed by atoms with Crippen LogP contribution < -0.4 is 10.1 Å². The van der Waals surface area contributed by atoms with Crippen LogP contribution in [0.25, 0.3) is 0 Å². The molecule has 116 valence electrons. The van der Waals surface area contributed by atoms with Gasteiger partial charge in [0.25, 0.3) is 5.91 Å². The topological polar surface area (TPSA) is 64.6 Å². The lowest BCUT2D eigenvalue weighted by Gasteiger charge is -2.22. The minimum atomic E-state index is -0.718. The Hall–Kier alpha value is -2.04. The second-order valence-corrected chi connectivity index (χ2v) is 5.91. The number of hydrogen-bond acceptors (Lipinski definition) is 4. The lowest BCUT2D eigenvalue weighted by molar-refractivity contribution is -0.156. The van der Waals surface area contributed by atoms with Gasteiger partial charge in [-0.2, -0.15) is 0 Å². The predicted octanol–water partition coefficient (Wildman–Crippen LogP) is 2.46. The van der Waals surface area contributed by atoms with E-state index < -0.39 is 17.6 Å². The summed E-state index contributed by atoms with van der Waals surface area (Å²) in [5.41, 5.74) is 0.797. The minimum absolute atomic E-state index is 0.341. The van der Waals surface area contributed by atoms with Gasteiger partial charge in [-0.05, 0) is 52.3 Å². The summed E-state index contributed by atoms with van der Waals surface area (Å²) in [5, 5.41) is 2.62. The van der Waals surface area contributed by atoms with Crippen LogP contribution in [0.5, 0.6) is 5.75 Å². The molecule has 0 heterocycles. The third-order valence-electron chi connectivity index (χ3n) is 2.78. The Morgan fingerprint density at radius 1 is 1.24 bits per heavy atom. The van der Waals surface area contributed by atoms with E-state index in [0.717, 1.165) is 5.56 Å². The number of rotatable bonds is 4. The Labute approximate surface area is 125 Å². The number of methoxy groups -OCH3 is 1. The highest BCUT2D eigenvalue weighted by atomic mass is 16.6. The first-order valence-electron chi connectivity index (χ1n) is 6.82. The Bertz CT molecular complexity index is 532. The Morgan fingerprint density at radius 3 is 2.38 bits per heavy atom. The van der Waals surface area contributed by atoms with Crippen molar-refractivity contribution in [2.45, 2.75) is 46.3 Å². The molecule has 5 heteroatoms. The van der Waals surface area contributed by atoms with Crippen LogP contribution in [-0.2, 0) is 9.53 Å². The highest BCUT2D eigenvalue weighted by molar-refractivity contribution is 5.97. The van der Waals surface area contributed by atoms with E-state index >= 15 is 0 Å².